The third-order valence-electron chi connectivity index (χ3n) is 5.59. The molecule has 1 amide bonds. The van der Waals surface area contributed by atoms with Crippen LogP contribution in [-0.2, 0) is 28.0 Å². The maximum Gasteiger partial charge on any atom is 0.240 e. The van der Waals surface area contributed by atoms with E-state index >= 15 is 0 Å². The highest BCUT2D eigenvalue weighted by atomic mass is 32.1. The predicted octanol–water partition coefficient (Wildman–Crippen LogP) is 2.43. The number of hydrogen-bond donors (Lipinski definition) is 2. The van der Waals surface area contributed by atoms with E-state index in [-0.39, 0.29) is 17.5 Å². The number of aromatic amines is 1. The standard InChI is InChI=1S/C19H26N4O2S/c1-25-9-8-23(12-14-5-4-10-26-14)18(24)16-11-15-17(21-13-20-15)19(22-16)6-2-3-7-19/h4-5,10,13,16,22H,2-3,6-9,11-12H2,1H3,(H,20,21)/t16-/m0/s1. The summed E-state index contributed by atoms with van der Waals surface area (Å²) in [4.78, 5) is 24.4. The molecular formula is C19H26N4O2S. The zero-order valence-electron chi connectivity index (χ0n) is 15.2. The minimum absolute atomic E-state index is 0.135. The number of rotatable bonds is 6. The van der Waals surface area contributed by atoms with Gasteiger partial charge in [-0.3, -0.25) is 10.1 Å². The van der Waals surface area contributed by atoms with Gasteiger partial charge in [0.1, 0.15) is 0 Å². The number of hydrogen-bond acceptors (Lipinski definition) is 5. The molecular weight excluding hydrogens is 348 g/mol. The Balaban J connectivity index is 1.55. The number of carbonyl (C=O) groups excluding carboxylic acids is 1. The Labute approximate surface area is 158 Å². The number of aromatic nitrogens is 2. The van der Waals surface area contributed by atoms with E-state index in [0.29, 0.717) is 26.1 Å². The summed E-state index contributed by atoms with van der Waals surface area (Å²) in [6.07, 6.45) is 6.91. The highest BCUT2D eigenvalue weighted by molar-refractivity contribution is 7.09. The van der Waals surface area contributed by atoms with Crippen LogP contribution >= 0.6 is 11.3 Å². The van der Waals surface area contributed by atoms with Crippen LogP contribution in [0.4, 0.5) is 0 Å². The van der Waals surface area contributed by atoms with Crippen LogP contribution in [0.1, 0.15) is 41.9 Å². The van der Waals surface area contributed by atoms with Crippen LogP contribution in [0.15, 0.2) is 23.8 Å². The van der Waals surface area contributed by atoms with Gasteiger partial charge in [0.2, 0.25) is 5.91 Å². The average Bonchev–Trinajstić information content (AvgIpc) is 3.40. The van der Waals surface area contributed by atoms with Gasteiger partial charge in [0.05, 0.1) is 36.8 Å². The van der Waals surface area contributed by atoms with E-state index in [4.69, 9.17) is 4.74 Å². The van der Waals surface area contributed by atoms with Crippen molar-refractivity contribution >= 4 is 17.2 Å². The van der Waals surface area contributed by atoms with Crippen LogP contribution in [-0.4, -0.2) is 47.1 Å². The first-order valence-corrected chi connectivity index (χ1v) is 10.2. The number of ether oxygens (including phenoxy) is 1. The van der Waals surface area contributed by atoms with Gasteiger partial charge < -0.3 is 14.6 Å². The van der Waals surface area contributed by atoms with Crippen molar-refractivity contribution in [3.63, 3.8) is 0 Å². The Kier molecular flexibility index (Phi) is 5.11. The Morgan fingerprint density at radius 3 is 3.04 bits per heavy atom. The molecule has 0 aromatic carbocycles. The lowest BCUT2D eigenvalue weighted by molar-refractivity contribution is -0.135. The molecule has 26 heavy (non-hydrogen) atoms. The molecule has 0 unspecified atom stereocenters. The van der Waals surface area contributed by atoms with E-state index in [1.807, 2.05) is 11.0 Å². The van der Waals surface area contributed by atoms with E-state index in [0.717, 1.165) is 24.2 Å². The van der Waals surface area contributed by atoms with E-state index in [1.54, 1.807) is 24.8 Å². The summed E-state index contributed by atoms with van der Waals surface area (Å²) in [5.74, 6) is 0.155. The van der Waals surface area contributed by atoms with Crippen molar-refractivity contribution < 1.29 is 9.53 Å². The molecule has 2 N–H and O–H groups in total. The average molecular weight is 375 g/mol. The van der Waals surface area contributed by atoms with Gasteiger partial charge in [-0.1, -0.05) is 18.9 Å². The van der Waals surface area contributed by atoms with Gasteiger partial charge in [0, 0.05) is 30.6 Å². The fraction of sp³-hybridized carbons (Fsp3) is 0.579. The molecule has 2 aromatic heterocycles. The molecule has 1 spiro atoms. The summed E-state index contributed by atoms with van der Waals surface area (Å²) < 4.78 is 5.24. The molecule has 1 fully saturated rings. The van der Waals surface area contributed by atoms with Gasteiger partial charge >= 0.3 is 0 Å². The normalized spacial score (nSPS) is 21.0. The van der Waals surface area contributed by atoms with E-state index in [1.165, 1.54) is 17.7 Å². The predicted molar refractivity (Wildman–Crippen MR) is 101 cm³/mol. The zero-order valence-corrected chi connectivity index (χ0v) is 16.0. The van der Waals surface area contributed by atoms with Crippen molar-refractivity contribution in [3.05, 3.63) is 40.1 Å². The van der Waals surface area contributed by atoms with Crippen LogP contribution in [0.2, 0.25) is 0 Å². The first kappa shape index (κ1) is 17.7. The number of amides is 1. The van der Waals surface area contributed by atoms with Crippen molar-refractivity contribution in [2.45, 2.75) is 50.2 Å². The summed E-state index contributed by atoms with van der Waals surface area (Å²) in [6.45, 7) is 1.79. The molecule has 0 saturated heterocycles. The first-order chi connectivity index (χ1) is 12.7. The highest BCUT2D eigenvalue weighted by Gasteiger charge is 2.46. The smallest absolute Gasteiger partial charge is 0.240 e. The van der Waals surface area contributed by atoms with Gasteiger partial charge in [-0.15, -0.1) is 11.3 Å². The van der Waals surface area contributed by atoms with Gasteiger partial charge in [0.25, 0.3) is 0 Å². The monoisotopic (exact) mass is 374 g/mol. The minimum atomic E-state index is -0.210. The Morgan fingerprint density at radius 2 is 2.31 bits per heavy atom. The lowest BCUT2D eigenvalue weighted by Gasteiger charge is -2.39. The van der Waals surface area contributed by atoms with Crippen molar-refractivity contribution in [2.75, 3.05) is 20.3 Å². The molecule has 3 heterocycles. The van der Waals surface area contributed by atoms with Crippen molar-refractivity contribution in [1.29, 1.82) is 0 Å². The van der Waals surface area contributed by atoms with Gasteiger partial charge in [-0.2, -0.15) is 0 Å². The zero-order chi connectivity index (χ0) is 18.0. The van der Waals surface area contributed by atoms with Crippen molar-refractivity contribution in [2.24, 2.45) is 0 Å². The third kappa shape index (κ3) is 3.31. The fourth-order valence-electron chi connectivity index (χ4n) is 4.33. The highest BCUT2D eigenvalue weighted by Crippen LogP contribution is 2.42. The number of H-pyrrole nitrogens is 1. The second-order valence-corrected chi connectivity index (χ2v) is 8.28. The van der Waals surface area contributed by atoms with Gasteiger partial charge in [-0.05, 0) is 24.3 Å². The van der Waals surface area contributed by atoms with Crippen LogP contribution in [0.25, 0.3) is 0 Å². The molecule has 6 nitrogen and oxygen atoms in total. The molecule has 1 atom stereocenters. The fourth-order valence-corrected chi connectivity index (χ4v) is 5.05. The summed E-state index contributed by atoms with van der Waals surface area (Å²) in [5, 5.41) is 5.75. The summed E-state index contributed by atoms with van der Waals surface area (Å²) in [6, 6.07) is 3.90. The molecule has 2 aromatic rings. The maximum absolute atomic E-state index is 13.4. The maximum atomic E-state index is 13.4. The number of methoxy groups -OCH3 is 1. The van der Waals surface area contributed by atoms with E-state index < -0.39 is 0 Å². The minimum Gasteiger partial charge on any atom is -0.383 e. The number of nitrogens with one attached hydrogen (secondary N) is 2. The molecule has 7 heteroatoms. The molecule has 1 saturated carbocycles. The van der Waals surface area contributed by atoms with Crippen molar-refractivity contribution in [1.82, 2.24) is 20.2 Å². The molecule has 0 bridgehead atoms. The molecule has 0 radical (unpaired) electrons. The third-order valence-corrected chi connectivity index (χ3v) is 6.45. The Morgan fingerprint density at radius 1 is 1.46 bits per heavy atom. The molecule has 140 valence electrons. The molecule has 4 rings (SSSR count). The topological polar surface area (TPSA) is 70.2 Å². The lowest BCUT2D eigenvalue weighted by Crippen LogP contribution is -2.58. The number of fused-ring (bicyclic) bond motifs is 2. The van der Waals surface area contributed by atoms with E-state index in [9.17, 15) is 4.79 Å². The summed E-state index contributed by atoms with van der Waals surface area (Å²) >= 11 is 1.69. The second-order valence-electron chi connectivity index (χ2n) is 7.25. The Hall–Kier alpha value is -1.70. The van der Waals surface area contributed by atoms with E-state index in [2.05, 4.69) is 26.7 Å². The number of nitrogens with zero attached hydrogens (tertiary/aromatic N) is 2. The largest absolute Gasteiger partial charge is 0.383 e. The Bertz CT molecular complexity index is 737. The number of carbonyl (C=O) groups is 1. The van der Waals surface area contributed by atoms with Crippen LogP contribution in [0.3, 0.4) is 0 Å². The number of thiophene rings is 1. The summed E-state index contributed by atoms with van der Waals surface area (Å²) in [5.41, 5.74) is 2.11. The van der Waals surface area contributed by atoms with Crippen molar-refractivity contribution in [3.8, 4) is 0 Å². The molecule has 1 aliphatic carbocycles. The van der Waals surface area contributed by atoms with Crippen LogP contribution < -0.4 is 5.32 Å². The summed E-state index contributed by atoms with van der Waals surface area (Å²) in [7, 11) is 1.68. The van der Waals surface area contributed by atoms with Gasteiger partial charge in [-0.25, -0.2) is 4.98 Å². The quantitative estimate of drug-likeness (QED) is 0.815. The van der Waals surface area contributed by atoms with Crippen LogP contribution in [0.5, 0.6) is 0 Å². The number of imidazole rings is 1. The lowest BCUT2D eigenvalue weighted by atomic mass is 9.84. The molecule has 2 aliphatic rings. The second kappa shape index (κ2) is 7.50. The van der Waals surface area contributed by atoms with Crippen LogP contribution in [0, 0.1) is 0 Å². The van der Waals surface area contributed by atoms with Gasteiger partial charge in [0.15, 0.2) is 0 Å². The first-order valence-electron chi connectivity index (χ1n) is 9.32. The molecule has 1 aliphatic heterocycles. The SMILES string of the molecule is COCCN(Cc1cccs1)C(=O)[C@@H]1Cc2[nH]cnc2C2(CCCC2)N1.